The Balaban J connectivity index is 0.000000433. The fraction of sp³-hybridized carbons (Fsp3) is 0.667. The lowest BCUT2D eigenvalue weighted by molar-refractivity contribution is -0.118. The van der Waals surface area contributed by atoms with Gasteiger partial charge < -0.3 is 24.4 Å². The SMILES string of the molecule is CCNC(C)=O.CCOC1CC(COc2ccc3nc(N4CCOCC4)sc3n2)C1.[HH]. The minimum atomic E-state index is 0. The van der Waals surface area contributed by atoms with Gasteiger partial charge in [0.15, 0.2) is 5.13 Å². The molecule has 4 rings (SSSR count). The number of morpholine rings is 1. The van der Waals surface area contributed by atoms with Crippen LogP contribution < -0.4 is 15.0 Å². The molecule has 1 saturated carbocycles. The van der Waals surface area contributed by atoms with Crippen molar-refractivity contribution < 1.29 is 20.4 Å². The van der Waals surface area contributed by atoms with Gasteiger partial charge in [-0.05, 0) is 38.7 Å². The first-order valence-electron chi connectivity index (χ1n) is 10.7. The summed E-state index contributed by atoms with van der Waals surface area (Å²) in [6.07, 6.45) is 2.62. The average molecular weight is 439 g/mol. The third kappa shape index (κ3) is 6.52. The van der Waals surface area contributed by atoms with E-state index in [2.05, 4.69) is 20.2 Å². The Labute approximate surface area is 183 Å². The average Bonchev–Trinajstić information content (AvgIpc) is 3.14. The Bertz CT molecular complexity index is 810. The van der Waals surface area contributed by atoms with Gasteiger partial charge in [0.25, 0.3) is 0 Å². The molecule has 9 heteroatoms. The normalized spacial score (nSPS) is 20.8. The minimum Gasteiger partial charge on any atom is -0.477 e. The van der Waals surface area contributed by atoms with Gasteiger partial charge in [-0.2, -0.15) is 0 Å². The van der Waals surface area contributed by atoms with E-state index in [0.29, 0.717) is 17.9 Å². The number of fused-ring (bicyclic) bond motifs is 1. The fourth-order valence-electron chi connectivity index (χ4n) is 3.39. The van der Waals surface area contributed by atoms with E-state index in [4.69, 9.17) is 14.2 Å². The molecule has 0 atom stereocenters. The molecule has 0 radical (unpaired) electrons. The maximum absolute atomic E-state index is 9.93. The van der Waals surface area contributed by atoms with Crippen LogP contribution in [-0.2, 0) is 14.3 Å². The summed E-state index contributed by atoms with van der Waals surface area (Å²) in [5.41, 5.74) is 0.939. The van der Waals surface area contributed by atoms with Crippen molar-refractivity contribution in [3.05, 3.63) is 12.1 Å². The first kappa shape index (κ1) is 22.7. The molecule has 0 aromatic carbocycles. The van der Waals surface area contributed by atoms with E-state index in [1.165, 1.54) is 6.92 Å². The van der Waals surface area contributed by atoms with Gasteiger partial charge in [0.1, 0.15) is 10.3 Å². The van der Waals surface area contributed by atoms with Crippen molar-refractivity contribution in [1.82, 2.24) is 15.3 Å². The van der Waals surface area contributed by atoms with E-state index in [0.717, 1.165) is 74.4 Å². The van der Waals surface area contributed by atoms with E-state index in [-0.39, 0.29) is 7.33 Å². The lowest BCUT2D eigenvalue weighted by Gasteiger charge is -2.34. The van der Waals surface area contributed by atoms with Crippen molar-refractivity contribution in [2.24, 2.45) is 5.92 Å². The number of carbonyl (C=O) groups excluding carboxylic acids is 1. The van der Waals surface area contributed by atoms with Crippen LogP contribution in [0, 0.1) is 5.92 Å². The lowest BCUT2D eigenvalue weighted by Crippen LogP contribution is -2.36. The third-order valence-electron chi connectivity index (χ3n) is 4.99. The molecule has 168 valence electrons. The molecule has 0 bridgehead atoms. The number of pyridine rings is 1. The number of thiazole rings is 1. The van der Waals surface area contributed by atoms with Gasteiger partial charge in [-0.15, -0.1) is 0 Å². The highest BCUT2D eigenvalue weighted by Crippen LogP contribution is 2.32. The van der Waals surface area contributed by atoms with Crippen LogP contribution in [0.2, 0.25) is 0 Å². The number of ether oxygens (including phenoxy) is 3. The van der Waals surface area contributed by atoms with Gasteiger partial charge in [0, 0.05) is 40.7 Å². The molecule has 3 heterocycles. The highest BCUT2D eigenvalue weighted by molar-refractivity contribution is 7.21. The summed E-state index contributed by atoms with van der Waals surface area (Å²) < 4.78 is 16.9. The Morgan fingerprint density at radius 3 is 2.70 bits per heavy atom. The second-order valence-electron chi connectivity index (χ2n) is 7.38. The first-order chi connectivity index (χ1) is 14.6. The number of nitrogens with one attached hydrogen (secondary N) is 1. The van der Waals surface area contributed by atoms with E-state index in [9.17, 15) is 4.79 Å². The summed E-state index contributed by atoms with van der Waals surface area (Å²) in [5.74, 6) is 1.32. The summed E-state index contributed by atoms with van der Waals surface area (Å²) >= 11 is 1.63. The summed E-state index contributed by atoms with van der Waals surface area (Å²) in [5, 5.41) is 3.59. The topological polar surface area (TPSA) is 85.8 Å². The molecule has 0 spiro atoms. The Kier molecular flexibility index (Phi) is 8.65. The van der Waals surface area contributed by atoms with Crippen LogP contribution in [-0.4, -0.2) is 68.0 Å². The summed E-state index contributed by atoms with van der Waals surface area (Å²) in [6, 6.07) is 3.92. The monoisotopic (exact) mass is 438 g/mol. The van der Waals surface area contributed by atoms with Crippen molar-refractivity contribution in [2.45, 2.75) is 39.7 Å². The molecule has 8 nitrogen and oxygen atoms in total. The zero-order valence-electron chi connectivity index (χ0n) is 18.1. The second-order valence-corrected chi connectivity index (χ2v) is 8.34. The van der Waals surface area contributed by atoms with Gasteiger partial charge in [-0.25, -0.2) is 9.97 Å². The van der Waals surface area contributed by atoms with Crippen LogP contribution in [0.5, 0.6) is 5.88 Å². The van der Waals surface area contributed by atoms with Crippen LogP contribution in [0.1, 0.15) is 35.0 Å². The van der Waals surface area contributed by atoms with Crippen molar-refractivity contribution in [2.75, 3.05) is 51.0 Å². The predicted octanol–water partition coefficient (Wildman–Crippen LogP) is 3.11. The number of hydrogen-bond donors (Lipinski definition) is 1. The van der Waals surface area contributed by atoms with Crippen molar-refractivity contribution in [3.8, 4) is 5.88 Å². The molecule has 1 saturated heterocycles. The maximum atomic E-state index is 9.93. The van der Waals surface area contributed by atoms with Crippen LogP contribution >= 0.6 is 11.3 Å². The van der Waals surface area contributed by atoms with E-state index >= 15 is 0 Å². The highest BCUT2D eigenvalue weighted by Gasteiger charge is 2.30. The standard InChI is InChI=1S/C17H23N3O3S.C4H9NO.H2/c1-2-22-13-9-12(10-13)11-23-15-4-3-14-16(19-15)24-17(18-14)20-5-7-21-8-6-20;1-3-5-4(2)6;/h3-4,12-13H,2,5-11H2,1H3;3H2,1-2H3,(H,5,6);1H. The van der Waals surface area contributed by atoms with Crippen LogP contribution in [0.15, 0.2) is 12.1 Å². The zero-order valence-corrected chi connectivity index (χ0v) is 18.9. The van der Waals surface area contributed by atoms with E-state index < -0.39 is 0 Å². The number of aromatic nitrogens is 2. The molecular formula is C21H34N4O4S. The molecule has 1 aliphatic heterocycles. The Morgan fingerprint density at radius 1 is 1.30 bits per heavy atom. The van der Waals surface area contributed by atoms with Gasteiger partial charge in [0.2, 0.25) is 11.8 Å². The molecule has 2 aromatic heterocycles. The maximum Gasteiger partial charge on any atom is 0.216 e. The van der Waals surface area contributed by atoms with Crippen molar-refractivity contribution in [3.63, 3.8) is 0 Å². The summed E-state index contributed by atoms with van der Waals surface area (Å²) in [4.78, 5) is 22.4. The second kappa shape index (κ2) is 11.4. The van der Waals surface area contributed by atoms with Gasteiger partial charge in [-0.3, -0.25) is 4.79 Å². The molecule has 0 unspecified atom stereocenters. The first-order valence-corrected chi connectivity index (χ1v) is 11.5. The van der Waals surface area contributed by atoms with Crippen LogP contribution in [0.4, 0.5) is 5.13 Å². The molecule has 1 N–H and O–H groups in total. The fourth-order valence-corrected chi connectivity index (χ4v) is 4.38. The molecule has 1 aliphatic carbocycles. The van der Waals surface area contributed by atoms with Crippen LogP contribution in [0.3, 0.4) is 0 Å². The van der Waals surface area contributed by atoms with Crippen molar-refractivity contribution >= 4 is 32.7 Å². The highest BCUT2D eigenvalue weighted by atomic mass is 32.1. The number of carbonyl (C=O) groups is 1. The minimum absolute atomic E-state index is 0. The Hall–Kier alpha value is -1.97. The van der Waals surface area contributed by atoms with E-state index in [1.54, 1.807) is 11.3 Å². The Morgan fingerprint density at radius 2 is 2.07 bits per heavy atom. The number of amides is 1. The smallest absolute Gasteiger partial charge is 0.216 e. The van der Waals surface area contributed by atoms with E-state index in [1.807, 2.05) is 26.0 Å². The quantitative estimate of drug-likeness (QED) is 0.711. The lowest BCUT2D eigenvalue weighted by atomic mass is 9.83. The van der Waals surface area contributed by atoms with Crippen LogP contribution in [0.25, 0.3) is 10.3 Å². The van der Waals surface area contributed by atoms with Gasteiger partial charge in [-0.1, -0.05) is 11.3 Å². The molecule has 2 aromatic rings. The van der Waals surface area contributed by atoms with Crippen molar-refractivity contribution in [1.29, 1.82) is 0 Å². The zero-order chi connectivity index (χ0) is 21.3. The summed E-state index contributed by atoms with van der Waals surface area (Å²) in [6.45, 7) is 11.0. The number of anilines is 1. The number of nitrogens with zero attached hydrogens (tertiary/aromatic N) is 3. The van der Waals surface area contributed by atoms with Gasteiger partial charge in [0.05, 0.1) is 25.9 Å². The number of hydrogen-bond acceptors (Lipinski definition) is 8. The van der Waals surface area contributed by atoms with Gasteiger partial charge >= 0.3 is 0 Å². The summed E-state index contributed by atoms with van der Waals surface area (Å²) in [7, 11) is 0. The molecule has 2 aliphatic rings. The third-order valence-corrected chi connectivity index (χ3v) is 6.01. The molecule has 30 heavy (non-hydrogen) atoms. The predicted molar refractivity (Wildman–Crippen MR) is 121 cm³/mol. The largest absolute Gasteiger partial charge is 0.477 e. The molecular weight excluding hydrogens is 404 g/mol. The number of rotatable bonds is 7. The molecule has 1 amide bonds. The molecule has 2 fully saturated rings.